The molecule has 2 heterocycles. The van der Waals surface area contributed by atoms with Gasteiger partial charge in [-0.1, -0.05) is 41.4 Å². The Morgan fingerprint density at radius 1 is 1.15 bits per heavy atom. The predicted octanol–water partition coefficient (Wildman–Crippen LogP) is 3.68. The van der Waals surface area contributed by atoms with Crippen LogP contribution in [0.4, 0.5) is 5.82 Å². The molecule has 0 unspecified atom stereocenters. The molecular formula is C18H14Cl2N4O3. The number of anilines is 1. The number of halogens is 2. The van der Waals surface area contributed by atoms with Crippen molar-refractivity contribution in [2.24, 2.45) is 0 Å². The van der Waals surface area contributed by atoms with E-state index in [-0.39, 0.29) is 10.7 Å². The third-order valence-corrected chi connectivity index (χ3v) is 4.11. The van der Waals surface area contributed by atoms with Gasteiger partial charge in [-0.05, 0) is 31.2 Å². The molecule has 0 spiro atoms. The molecule has 3 aromatic rings. The van der Waals surface area contributed by atoms with Gasteiger partial charge in [-0.3, -0.25) is 4.79 Å². The van der Waals surface area contributed by atoms with E-state index < -0.39 is 18.5 Å². The Balaban J connectivity index is 1.67. The highest BCUT2D eigenvalue weighted by Crippen LogP contribution is 2.24. The van der Waals surface area contributed by atoms with Gasteiger partial charge in [-0.2, -0.15) is 5.10 Å². The van der Waals surface area contributed by atoms with Gasteiger partial charge in [0, 0.05) is 6.20 Å². The van der Waals surface area contributed by atoms with Crippen LogP contribution in [0.3, 0.4) is 0 Å². The normalized spacial score (nSPS) is 10.5. The molecule has 138 valence electrons. The molecule has 0 aliphatic heterocycles. The molecule has 0 bridgehead atoms. The van der Waals surface area contributed by atoms with Crippen molar-refractivity contribution in [3.63, 3.8) is 0 Å². The molecule has 0 saturated heterocycles. The summed E-state index contributed by atoms with van der Waals surface area (Å²) in [5.74, 6) is -0.979. The predicted molar refractivity (Wildman–Crippen MR) is 101 cm³/mol. The van der Waals surface area contributed by atoms with E-state index in [1.165, 1.54) is 16.9 Å². The number of rotatable bonds is 5. The number of benzene rings is 1. The lowest BCUT2D eigenvalue weighted by Gasteiger charge is -2.06. The van der Waals surface area contributed by atoms with Gasteiger partial charge in [0.15, 0.2) is 6.61 Å². The number of nitrogens with zero attached hydrogens (tertiary/aromatic N) is 3. The molecule has 0 aliphatic rings. The molecule has 7 nitrogen and oxygen atoms in total. The smallest absolute Gasteiger partial charge is 0.343 e. The first-order valence-electron chi connectivity index (χ1n) is 7.85. The number of carbonyl (C=O) groups is 2. The fourth-order valence-electron chi connectivity index (χ4n) is 2.30. The topological polar surface area (TPSA) is 86.1 Å². The molecule has 1 amide bonds. The number of para-hydroxylation sites is 1. The number of esters is 1. The molecule has 0 aliphatic carbocycles. The Kier molecular flexibility index (Phi) is 5.73. The van der Waals surface area contributed by atoms with Crippen LogP contribution in [0, 0.1) is 6.92 Å². The van der Waals surface area contributed by atoms with Gasteiger partial charge < -0.3 is 10.1 Å². The molecule has 1 aromatic carbocycles. The second-order valence-corrected chi connectivity index (χ2v) is 6.28. The molecule has 2 aromatic heterocycles. The lowest BCUT2D eigenvalue weighted by molar-refractivity contribution is -0.119. The molecule has 0 radical (unpaired) electrons. The Morgan fingerprint density at radius 2 is 1.89 bits per heavy atom. The zero-order valence-electron chi connectivity index (χ0n) is 14.1. The van der Waals surface area contributed by atoms with Gasteiger partial charge in [0.1, 0.15) is 16.5 Å². The van der Waals surface area contributed by atoms with E-state index in [9.17, 15) is 9.59 Å². The van der Waals surface area contributed by atoms with Crippen molar-refractivity contribution in [3.8, 4) is 5.69 Å². The van der Waals surface area contributed by atoms with Gasteiger partial charge in [-0.25, -0.2) is 14.5 Å². The van der Waals surface area contributed by atoms with E-state index in [0.717, 1.165) is 0 Å². The molecule has 9 heteroatoms. The van der Waals surface area contributed by atoms with Crippen molar-refractivity contribution in [2.45, 2.75) is 6.92 Å². The van der Waals surface area contributed by atoms with Gasteiger partial charge in [0.05, 0.1) is 16.4 Å². The van der Waals surface area contributed by atoms with E-state index in [2.05, 4.69) is 15.4 Å². The minimum atomic E-state index is -0.737. The minimum Gasteiger partial charge on any atom is -0.452 e. The summed E-state index contributed by atoms with van der Waals surface area (Å²) in [6.07, 6.45) is 1.39. The number of nitrogens with one attached hydrogen (secondary N) is 1. The van der Waals surface area contributed by atoms with Crippen LogP contribution in [0.5, 0.6) is 0 Å². The number of aryl methyl sites for hydroxylation is 1. The Bertz CT molecular complexity index is 972. The maximum Gasteiger partial charge on any atom is 0.343 e. The van der Waals surface area contributed by atoms with Crippen LogP contribution in [0.25, 0.3) is 5.69 Å². The average Bonchev–Trinajstić information content (AvgIpc) is 2.97. The maximum atomic E-state index is 12.4. The SMILES string of the molecule is Cc1nn(-c2ccccc2)c(Cl)c1C(=O)OCC(=O)Nc1ccc(Cl)cn1. The number of hydrogen-bond acceptors (Lipinski definition) is 5. The van der Waals surface area contributed by atoms with E-state index in [1.807, 2.05) is 18.2 Å². The molecule has 0 atom stereocenters. The van der Waals surface area contributed by atoms with Crippen molar-refractivity contribution < 1.29 is 14.3 Å². The van der Waals surface area contributed by atoms with Crippen LogP contribution in [0.1, 0.15) is 16.1 Å². The van der Waals surface area contributed by atoms with Gasteiger partial charge in [0.25, 0.3) is 5.91 Å². The second-order valence-electron chi connectivity index (χ2n) is 5.48. The monoisotopic (exact) mass is 404 g/mol. The Labute approximate surface area is 164 Å². The van der Waals surface area contributed by atoms with E-state index in [1.54, 1.807) is 25.1 Å². The summed E-state index contributed by atoms with van der Waals surface area (Å²) in [5.41, 5.74) is 1.21. The van der Waals surface area contributed by atoms with Crippen LogP contribution < -0.4 is 5.32 Å². The Morgan fingerprint density at radius 3 is 2.56 bits per heavy atom. The lowest BCUT2D eigenvalue weighted by atomic mass is 10.2. The summed E-state index contributed by atoms with van der Waals surface area (Å²) < 4.78 is 6.49. The van der Waals surface area contributed by atoms with Crippen LogP contribution in [0.15, 0.2) is 48.7 Å². The third kappa shape index (κ3) is 4.45. The highest BCUT2D eigenvalue weighted by Gasteiger charge is 2.23. The molecule has 0 saturated carbocycles. The van der Waals surface area contributed by atoms with Crippen molar-refractivity contribution in [1.29, 1.82) is 0 Å². The highest BCUT2D eigenvalue weighted by molar-refractivity contribution is 6.33. The van der Waals surface area contributed by atoms with Crippen molar-refractivity contribution >= 4 is 40.9 Å². The first kappa shape index (κ1) is 18.9. The number of ether oxygens (including phenoxy) is 1. The maximum absolute atomic E-state index is 12.4. The summed E-state index contributed by atoms with van der Waals surface area (Å²) in [6.45, 7) is 1.15. The first-order chi connectivity index (χ1) is 13.0. The van der Waals surface area contributed by atoms with Crippen LogP contribution in [-0.4, -0.2) is 33.2 Å². The number of hydrogen-bond donors (Lipinski definition) is 1. The fraction of sp³-hybridized carbons (Fsp3) is 0.111. The quantitative estimate of drug-likeness (QED) is 0.655. The molecule has 0 fully saturated rings. The average molecular weight is 405 g/mol. The van der Waals surface area contributed by atoms with Crippen molar-refractivity contribution in [3.05, 3.63) is 70.1 Å². The van der Waals surface area contributed by atoms with E-state index in [4.69, 9.17) is 27.9 Å². The largest absolute Gasteiger partial charge is 0.452 e. The highest BCUT2D eigenvalue weighted by atomic mass is 35.5. The van der Waals surface area contributed by atoms with Gasteiger partial charge in [0.2, 0.25) is 0 Å². The van der Waals surface area contributed by atoms with Crippen LogP contribution in [0.2, 0.25) is 10.2 Å². The zero-order chi connectivity index (χ0) is 19.4. The van der Waals surface area contributed by atoms with Gasteiger partial charge >= 0.3 is 5.97 Å². The zero-order valence-corrected chi connectivity index (χ0v) is 15.7. The molecule has 27 heavy (non-hydrogen) atoms. The fourth-order valence-corrected chi connectivity index (χ4v) is 2.76. The summed E-state index contributed by atoms with van der Waals surface area (Å²) >= 11 is 12.0. The summed E-state index contributed by atoms with van der Waals surface area (Å²) in [5, 5.41) is 7.32. The summed E-state index contributed by atoms with van der Waals surface area (Å²) in [6, 6.07) is 12.2. The number of pyridine rings is 1. The third-order valence-electron chi connectivity index (χ3n) is 3.54. The number of amides is 1. The Hall–Kier alpha value is -2.90. The second kappa shape index (κ2) is 8.20. The minimum absolute atomic E-state index is 0.109. The van der Waals surface area contributed by atoms with E-state index >= 15 is 0 Å². The van der Waals surface area contributed by atoms with Crippen LogP contribution >= 0.6 is 23.2 Å². The molecule has 1 N–H and O–H groups in total. The summed E-state index contributed by atoms with van der Waals surface area (Å²) in [4.78, 5) is 28.2. The molecular weight excluding hydrogens is 391 g/mol. The number of aromatic nitrogens is 3. The van der Waals surface area contributed by atoms with Crippen molar-refractivity contribution in [2.75, 3.05) is 11.9 Å². The lowest BCUT2D eigenvalue weighted by Crippen LogP contribution is -2.21. The van der Waals surface area contributed by atoms with Gasteiger partial charge in [-0.15, -0.1) is 0 Å². The van der Waals surface area contributed by atoms with E-state index in [0.29, 0.717) is 22.2 Å². The standard InChI is InChI=1S/C18H14Cl2N4O3/c1-11-16(17(20)24(23-11)13-5-3-2-4-6-13)18(26)27-10-15(25)22-14-8-7-12(19)9-21-14/h2-9H,10H2,1H3,(H,21,22,25). The van der Waals surface area contributed by atoms with Crippen molar-refractivity contribution in [1.82, 2.24) is 14.8 Å². The summed E-state index contributed by atoms with van der Waals surface area (Å²) in [7, 11) is 0. The molecule has 3 rings (SSSR count). The first-order valence-corrected chi connectivity index (χ1v) is 8.60. The van der Waals surface area contributed by atoms with Crippen LogP contribution in [-0.2, 0) is 9.53 Å². The number of carbonyl (C=O) groups excluding carboxylic acids is 2.